The zero-order chi connectivity index (χ0) is 25.5. The molecule has 0 aliphatic carbocycles. The second-order valence-electron chi connectivity index (χ2n) is 9.21. The summed E-state index contributed by atoms with van der Waals surface area (Å²) < 4.78 is 26.7. The zero-order valence-corrected chi connectivity index (χ0v) is 20.1. The van der Waals surface area contributed by atoms with E-state index in [2.05, 4.69) is 10.6 Å². The molecule has 35 heavy (non-hydrogen) atoms. The van der Waals surface area contributed by atoms with Crippen LogP contribution in [-0.2, 0) is 20.8 Å². The molecule has 2 unspecified atom stereocenters. The van der Waals surface area contributed by atoms with Crippen molar-refractivity contribution in [3.8, 4) is 0 Å². The number of benzene rings is 2. The minimum absolute atomic E-state index is 0.160. The molecule has 3 atom stereocenters. The van der Waals surface area contributed by atoms with Gasteiger partial charge in [-0.3, -0.25) is 14.4 Å². The van der Waals surface area contributed by atoms with Crippen LogP contribution >= 0.6 is 0 Å². The average Bonchev–Trinajstić information content (AvgIpc) is 2.92. The molecule has 0 aromatic heterocycles. The van der Waals surface area contributed by atoms with E-state index in [9.17, 15) is 23.2 Å². The highest BCUT2D eigenvalue weighted by molar-refractivity contribution is 5.92. The molecule has 186 valence electrons. The van der Waals surface area contributed by atoms with Crippen molar-refractivity contribution in [1.29, 1.82) is 0 Å². The van der Waals surface area contributed by atoms with Crippen LogP contribution in [0.2, 0.25) is 0 Å². The molecule has 0 saturated carbocycles. The Morgan fingerprint density at radius 3 is 2.34 bits per heavy atom. The number of carbonyl (C=O) groups is 3. The van der Waals surface area contributed by atoms with Crippen LogP contribution < -0.4 is 10.6 Å². The summed E-state index contributed by atoms with van der Waals surface area (Å²) in [5.41, 5.74) is 1.15. The number of hydrogen-bond acceptors (Lipinski definition) is 3. The quantitative estimate of drug-likeness (QED) is 0.563. The van der Waals surface area contributed by atoms with Gasteiger partial charge in [-0.2, -0.15) is 0 Å². The minimum atomic E-state index is -0.940. The molecule has 0 spiro atoms. The number of carbonyl (C=O) groups excluding carboxylic acids is 3. The predicted molar refractivity (Wildman–Crippen MR) is 129 cm³/mol. The SMILES string of the molecule is CC(C)CN1C(=O)C(NC(=O)C(C)NC(=O)Cc2cc(F)cc(F)c2)CC=C[C@H]1c1ccccc1. The number of halogens is 2. The summed E-state index contributed by atoms with van der Waals surface area (Å²) in [6.45, 7) is 6.07. The Morgan fingerprint density at radius 2 is 1.71 bits per heavy atom. The fraction of sp³-hybridized carbons (Fsp3) is 0.370. The maximum atomic E-state index is 13.5. The topological polar surface area (TPSA) is 78.5 Å². The van der Waals surface area contributed by atoms with Crippen molar-refractivity contribution in [3.05, 3.63) is 83.4 Å². The lowest BCUT2D eigenvalue weighted by Crippen LogP contribution is -2.53. The highest BCUT2D eigenvalue weighted by Gasteiger charge is 2.33. The Bertz CT molecular complexity index is 1070. The van der Waals surface area contributed by atoms with E-state index in [1.54, 1.807) is 4.90 Å². The van der Waals surface area contributed by atoms with Gasteiger partial charge in [-0.15, -0.1) is 0 Å². The van der Waals surface area contributed by atoms with E-state index in [1.165, 1.54) is 6.92 Å². The third-order valence-electron chi connectivity index (χ3n) is 5.68. The number of nitrogens with one attached hydrogen (secondary N) is 2. The van der Waals surface area contributed by atoms with Crippen molar-refractivity contribution in [1.82, 2.24) is 15.5 Å². The fourth-order valence-electron chi connectivity index (χ4n) is 4.10. The molecule has 1 aliphatic rings. The van der Waals surface area contributed by atoms with E-state index in [0.717, 1.165) is 23.8 Å². The maximum Gasteiger partial charge on any atom is 0.246 e. The van der Waals surface area contributed by atoms with Gasteiger partial charge >= 0.3 is 0 Å². The molecule has 2 N–H and O–H groups in total. The van der Waals surface area contributed by atoms with Gasteiger partial charge in [-0.05, 0) is 42.5 Å². The van der Waals surface area contributed by atoms with Crippen LogP contribution in [0.5, 0.6) is 0 Å². The molecule has 0 fully saturated rings. The predicted octanol–water partition coefficient (Wildman–Crippen LogP) is 3.68. The molecule has 0 bridgehead atoms. The first kappa shape index (κ1) is 26.1. The third-order valence-corrected chi connectivity index (χ3v) is 5.68. The van der Waals surface area contributed by atoms with Crippen molar-refractivity contribution in [3.63, 3.8) is 0 Å². The summed E-state index contributed by atoms with van der Waals surface area (Å²) in [5, 5.41) is 5.28. The average molecular weight is 484 g/mol. The molecule has 2 aromatic rings. The van der Waals surface area contributed by atoms with Crippen LogP contribution in [0, 0.1) is 17.6 Å². The Kier molecular flexibility index (Phi) is 8.73. The smallest absolute Gasteiger partial charge is 0.246 e. The van der Waals surface area contributed by atoms with Crippen molar-refractivity contribution in [2.75, 3.05) is 6.54 Å². The first-order valence-corrected chi connectivity index (χ1v) is 11.7. The number of nitrogens with zero attached hydrogens (tertiary/aromatic N) is 1. The van der Waals surface area contributed by atoms with Crippen LogP contribution in [0.1, 0.15) is 44.4 Å². The van der Waals surface area contributed by atoms with Crippen LogP contribution in [0.3, 0.4) is 0 Å². The summed E-state index contributed by atoms with van der Waals surface area (Å²) in [5.74, 6) is -2.61. The van der Waals surface area contributed by atoms with Gasteiger partial charge in [0.25, 0.3) is 0 Å². The number of hydrogen-bond donors (Lipinski definition) is 2. The number of rotatable bonds is 8. The largest absolute Gasteiger partial charge is 0.344 e. The van der Waals surface area contributed by atoms with Gasteiger partial charge < -0.3 is 15.5 Å². The fourth-order valence-corrected chi connectivity index (χ4v) is 4.10. The lowest BCUT2D eigenvalue weighted by molar-refractivity contribution is -0.138. The second-order valence-corrected chi connectivity index (χ2v) is 9.21. The summed E-state index contributed by atoms with van der Waals surface area (Å²) in [4.78, 5) is 40.4. The lowest BCUT2D eigenvalue weighted by atomic mass is 10.0. The molecule has 8 heteroatoms. The Hall–Kier alpha value is -3.55. The van der Waals surface area contributed by atoms with E-state index < -0.39 is 35.5 Å². The molecule has 3 rings (SSSR count). The monoisotopic (exact) mass is 483 g/mol. The first-order valence-electron chi connectivity index (χ1n) is 11.7. The van der Waals surface area contributed by atoms with Crippen LogP contribution in [0.4, 0.5) is 8.78 Å². The summed E-state index contributed by atoms with van der Waals surface area (Å²) in [7, 11) is 0. The molecule has 2 aromatic carbocycles. The van der Waals surface area contributed by atoms with Gasteiger partial charge in [0.1, 0.15) is 23.7 Å². The first-order chi connectivity index (χ1) is 16.6. The van der Waals surface area contributed by atoms with E-state index in [-0.39, 0.29) is 29.9 Å². The molecule has 0 radical (unpaired) electrons. The highest BCUT2D eigenvalue weighted by Crippen LogP contribution is 2.27. The molecule has 0 saturated heterocycles. The number of amides is 3. The molecular weight excluding hydrogens is 452 g/mol. The van der Waals surface area contributed by atoms with Crippen molar-refractivity contribution < 1.29 is 23.2 Å². The Balaban J connectivity index is 1.65. The molecule has 1 aliphatic heterocycles. The minimum Gasteiger partial charge on any atom is -0.344 e. The summed E-state index contributed by atoms with van der Waals surface area (Å²) >= 11 is 0. The highest BCUT2D eigenvalue weighted by atomic mass is 19.1. The molecule has 6 nitrogen and oxygen atoms in total. The van der Waals surface area contributed by atoms with Crippen molar-refractivity contribution in [2.24, 2.45) is 5.92 Å². The standard InChI is InChI=1S/C27H31F2N3O3/c1-17(2)16-32-24(20-8-5-4-6-9-20)11-7-10-23(27(32)35)31-26(34)18(3)30-25(33)14-19-12-21(28)15-22(29)13-19/h4-9,11-13,15,17-18,23-24H,10,14,16H2,1-3H3,(H,30,33)(H,31,34)/t18?,23?,24-/m0/s1. The zero-order valence-electron chi connectivity index (χ0n) is 20.1. The van der Waals surface area contributed by atoms with E-state index in [4.69, 9.17) is 0 Å². The van der Waals surface area contributed by atoms with Gasteiger partial charge in [0.2, 0.25) is 17.7 Å². The van der Waals surface area contributed by atoms with Gasteiger partial charge in [0.05, 0.1) is 12.5 Å². The molecule has 3 amide bonds. The Labute approximate surface area is 204 Å². The van der Waals surface area contributed by atoms with Crippen LogP contribution in [0.25, 0.3) is 0 Å². The van der Waals surface area contributed by atoms with Crippen molar-refractivity contribution in [2.45, 2.75) is 51.7 Å². The van der Waals surface area contributed by atoms with E-state index in [1.807, 2.05) is 56.3 Å². The van der Waals surface area contributed by atoms with E-state index >= 15 is 0 Å². The summed E-state index contributed by atoms with van der Waals surface area (Å²) in [6, 6.07) is 10.6. The molecule has 1 heterocycles. The summed E-state index contributed by atoms with van der Waals surface area (Å²) in [6.07, 6.45) is 3.91. The third kappa shape index (κ3) is 7.21. The van der Waals surface area contributed by atoms with Gasteiger partial charge in [-0.25, -0.2) is 8.78 Å². The van der Waals surface area contributed by atoms with Gasteiger partial charge in [-0.1, -0.05) is 56.3 Å². The maximum absolute atomic E-state index is 13.5. The molecular formula is C27H31F2N3O3. The van der Waals surface area contributed by atoms with Gasteiger partial charge in [0, 0.05) is 12.6 Å². The van der Waals surface area contributed by atoms with E-state index in [0.29, 0.717) is 13.0 Å². The van der Waals surface area contributed by atoms with Crippen LogP contribution in [0.15, 0.2) is 60.7 Å². The second kappa shape index (κ2) is 11.7. The normalized spacial score (nSPS) is 18.8. The lowest BCUT2D eigenvalue weighted by Gasteiger charge is -2.33. The Morgan fingerprint density at radius 1 is 1.06 bits per heavy atom. The van der Waals surface area contributed by atoms with Crippen molar-refractivity contribution >= 4 is 17.7 Å². The van der Waals surface area contributed by atoms with Gasteiger partial charge in [0.15, 0.2) is 0 Å². The van der Waals surface area contributed by atoms with Crippen LogP contribution in [-0.4, -0.2) is 41.2 Å².